The summed E-state index contributed by atoms with van der Waals surface area (Å²) in [5.41, 5.74) is 0.465. The van der Waals surface area contributed by atoms with Crippen molar-refractivity contribution in [3.05, 3.63) is 33.4 Å². The van der Waals surface area contributed by atoms with Crippen LogP contribution in [0.25, 0.3) is 0 Å². The highest BCUT2D eigenvalue weighted by atomic mass is 127. The first-order chi connectivity index (χ1) is 5.29. The van der Waals surface area contributed by atoms with Crippen LogP contribution in [-0.4, -0.2) is 5.97 Å². The molecule has 1 aliphatic heterocycles. The SMILES string of the molecule is O=C1O[I](=O)c2ccccc21. The molecule has 11 heavy (non-hydrogen) atoms. The van der Waals surface area contributed by atoms with Crippen LogP contribution in [0.3, 0.4) is 0 Å². The quantitative estimate of drug-likeness (QED) is 0.670. The molecule has 0 N–H and O–H groups in total. The number of hydrogen-bond acceptors (Lipinski definition) is 3. The summed E-state index contributed by atoms with van der Waals surface area (Å²) in [6, 6.07) is 6.80. The Balaban J connectivity index is 2.69. The predicted molar refractivity (Wildman–Crippen MR) is 45.3 cm³/mol. The third kappa shape index (κ3) is 0.973. The summed E-state index contributed by atoms with van der Waals surface area (Å²) >= 11 is -2.77. The maximum atomic E-state index is 11.1. The van der Waals surface area contributed by atoms with Crippen LogP contribution in [0, 0.1) is 3.57 Å². The Morgan fingerprint density at radius 2 is 2.00 bits per heavy atom. The van der Waals surface area contributed by atoms with Crippen molar-refractivity contribution in [2.75, 3.05) is 0 Å². The molecule has 0 unspecified atom stereocenters. The van der Waals surface area contributed by atoms with Crippen molar-refractivity contribution in [1.82, 2.24) is 0 Å². The average molecular weight is 263 g/mol. The molecule has 57 valence electrons. The van der Waals surface area contributed by atoms with E-state index in [0.29, 0.717) is 9.13 Å². The second-order valence-electron chi connectivity index (χ2n) is 2.06. The van der Waals surface area contributed by atoms with Crippen LogP contribution in [-0.2, 0) is 6.14 Å². The fourth-order valence-corrected chi connectivity index (χ4v) is 3.12. The number of carbonyl (C=O) groups is 1. The maximum Gasteiger partial charge on any atom is 0.350 e. The van der Waals surface area contributed by atoms with Gasteiger partial charge in [-0.2, -0.15) is 0 Å². The van der Waals surface area contributed by atoms with Crippen molar-refractivity contribution < 1.29 is 10.9 Å². The topological polar surface area (TPSA) is 43.4 Å². The molecule has 1 aromatic carbocycles. The van der Waals surface area contributed by atoms with Crippen molar-refractivity contribution in [2.45, 2.75) is 0 Å². The fraction of sp³-hybridized carbons (Fsp3) is 0. The van der Waals surface area contributed by atoms with Gasteiger partial charge in [-0.3, -0.25) is 0 Å². The molecule has 1 radical (unpaired) electrons. The predicted octanol–water partition coefficient (Wildman–Crippen LogP) is 1.79. The lowest BCUT2D eigenvalue weighted by atomic mass is 10.2. The molecule has 3 nitrogen and oxygen atoms in total. The monoisotopic (exact) mass is 263 g/mol. The molecule has 1 heterocycles. The molecule has 0 atom stereocenters. The van der Waals surface area contributed by atoms with Crippen molar-refractivity contribution in [3.8, 4) is 0 Å². The molecule has 2 rings (SSSR count). The van der Waals surface area contributed by atoms with Gasteiger partial charge in [-0.25, -0.2) is 7.86 Å². The second-order valence-corrected chi connectivity index (χ2v) is 4.90. The molecule has 0 aromatic heterocycles. The molecule has 1 aromatic rings. The van der Waals surface area contributed by atoms with Crippen LogP contribution in [0.1, 0.15) is 10.4 Å². The van der Waals surface area contributed by atoms with Gasteiger partial charge in [0.05, 0.1) is 9.13 Å². The van der Waals surface area contributed by atoms with Gasteiger partial charge < -0.3 is 3.07 Å². The number of carbonyl (C=O) groups excluding carboxylic acids is 1. The zero-order valence-electron chi connectivity index (χ0n) is 5.41. The summed E-state index contributed by atoms with van der Waals surface area (Å²) in [5.74, 6) is -0.444. The molecule has 1 aliphatic rings. The van der Waals surface area contributed by atoms with Crippen molar-refractivity contribution >= 4 is 26.2 Å². The fourth-order valence-electron chi connectivity index (χ4n) is 0.908. The van der Waals surface area contributed by atoms with Crippen molar-refractivity contribution in [3.63, 3.8) is 0 Å². The van der Waals surface area contributed by atoms with Gasteiger partial charge in [-0.15, -0.1) is 0 Å². The molecule has 0 fully saturated rings. The van der Waals surface area contributed by atoms with E-state index in [2.05, 4.69) is 3.07 Å². The number of rotatable bonds is 0. The highest BCUT2D eigenvalue weighted by Crippen LogP contribution is 2.40. The molecule has 0 saturated heterocycles. The number of halogens is 1. The first kappa shape index (κ1) is 6.90. The first-order valence-corrected chi connectivity index (χ1v) is 5.82. The maximum absolute atomic E-state index is 11.1. The van der Waals surface area contributed by atoms with E-state index in [1.807, 2.05) is 0 Å². The van der Waals surface area contributed by atoms with Gasteiger partial charge in [-0.05, 0) is 12.1 Å². The zero-order valence-corrected chi connectivity index (χ0v) is 7.57. The lowest BCUT2D eigenvalue weighted by Gasteiger charge is -1.86. The number of benzene rings is 1. The van der Waals surface area contributed by atoms with E-state index in [1.54, 1.807) is 24.3 Å². The minimum absolute atomic E-state index is 0.444. The Morgan fingerprint density at radius 1 is 1.27 bits per heavy atom. The summed E-state index contributed by atoms with van der Waals surface area (Å²) in [7, 11) is 0. The minimum Gasteiger partial charge on any atom is -0.373 e. The van der Waals surface area contributed by atoms with Crippen molar-refractivity contribution in [2.24, 2.45) is 0 Å². The highest BCUT2D eigenvalue weighted by Gasteiger charge is 2.27. The lowest BCUT2D eigenvalue weighted by molar-refractivity contribution is 0.0803. The van der Waals surface area contributed by atoms with E-state index in [0.717, 1.165) is 0 Å². The second kappa shape index (κ2) is 2.37. The summed E-state index contributed by atoms with van der Waals surface area (Å²) < 4.78 is 16.3. The zero-order chi connectivity index (χ0) is 7.84. The Bertz CT molecular complexity index is 312. The van der Waals surface area contributed by atoms with Gasteiger partial charge >= 0.3 is 5.97 Å². The molecule has 0 spiro atoms. The summed E-state index contributed by atoms with van der Waals surface area (Å²) in [4.78, 5) is 10.9. The van der Waals surface area contributed by atoms with Crippen LogP contribution in [0.2, 0.25) is 0 Å². The van der Waals surface area contributed by atoms with Crippen LogP contribution in [0.4, 0.5) is 0 Å². The van der Waals surface area contributed by atoms with Crippen LogP contribution in [0.15, 0.2) is 24.3 Å². The first-order valence-electron chi connectivity index (χ1n) is 2.98. The van der Waals surface area contributed by atoms with Gasteiger partial charge in [-0.1, -0.05) is 12.1 Å². The molecular formula is C7H4IO3. The number of hydrogen-bond donors (Lipinski definition) is 0. The summed E-state index contributed by atoms with van der Waals surface area (Å²) in [6.07, 6.45) is 0. The Kier molecular flexibility index (Phi) is 1.49. The van der Waals surface area contributed by atoms with Crippen molar-refractivity contribution in [1.29, 1.82) is 0 Å². The van der Waals surface area contributed by atoms with Gasteiger partial charge in [0.15, 0.2) is 0 Å². The van der Waals surface area contributed by atoms with Crippen LogP contribution >= 0.6 is 20.2 Å². The van der Waals surface area contributed by atoms with E-state index in [-0.39, 0.29) is 0 Å². The third-order valence-corrected chi connectivity index (χ3v) is 4.09. The molecule has 0 saturated carbocycles. The van der Waals surface area contributed by atoms with Crippen LogP contribution in [0.5, 0.6) is 0 Å². The summed E-state index contributed by atoms with van der Waals surface area (Å²) in [5, 5.41) is 0. The Hall–Kier alpha value is -0.780. The Labute approximate surface area is 70.7 Å². The minimum atomic E-state index is -2.77. The normalized spacial score (nSPS) is 16.2. The smallest absolute Gasteiger partial charge is 0.350 e. The van der Waals surface area contributed by atoms with Gasteiger partial charge in [0, 0.05) is 0 Å². The highest BCUT2D eigenvalue weighted by molar-refractivity contribution is 14.2. The average Bonchev–Trinajstić information content (AvgIpc) is 2.30. The molecule has 4 heteroatoms. The summed E-state index contributed by atoms with van der Waals surface area (Å²) in [6.45, 7) is 0. The Morgan fingerprint density at radius 3 is 2.73 bits per heavy atom. The van der Waals surface area contributed by atoms with E-state index < -0.39 is 26.2 Å². The van der Waals surface area contributed by atoms with Gasteiger partial charge in [0.1, 0.15) is 0 Å². The van der Waals surface area contributed by atoms with Crippen LogP contribution < -0.4 is 0 Å². The van der Waals surface area contributed by atoms with Gasteiger partial charge in [0.2, 0.25) is 0 Å². The van der Waals surface area contributed by atoms with E-state index in [1.165, 1.54) is 0 Å². The molecule has 0 amide bonds. The standard InChI is InChI=1S/C7H4IO3/c9-7-5-3-1-2-4-6(5)8(10)11-7/h1-4H. The number of fused-ring (bicyclic) bond motifs is 1. The van der Waals surface area contributed by atoms with E-state index in [4.69, 9.17) is 0 Å². The molecule has 0 bridgehead atoms. The lowest BCUT2D eigenvalue weighted by Crippen LogP contribution is -1.92. The third-order valence-electron chi connectivity index (χ3n) is 1.40. The van der Waals surface area contributed by atoms with Gasteiger partial charge in [0.25, 0.3) is 20.2 Å². The van der Waals surface area contributed by atoms with E-state index in [9.17, 15) is 7.86 Å². The molecular weight excluding hydrogens is 259 g/mol. The largest absolute Gasteiger partial charge is 0.373 e. The van der Waals surface area contributed by atoms with E-state index >= 15 is 0 Å². The molecule has 0 aliphatic carbocycles.